The van der Waals surface area contributed by atoms with Gasteiger partial charge in [-0.05, 0) is 0 Å². The van der Waals surface area contributed by atoms with Crippen LogP contribution in [0.3, 0.4) is 0 Å². The summed E-state index contributed by atoms with van der Waals surface area (Å²) in [6, 6.07) is 0. The molecule has 5 heteroatoms. The molecule has 0 aliphatic rings. The van der Waals surface area contributed by atoms with Gasteiger partial charge in [0.25, 0.3) is 0 Å². The van der Waals surface area contributed by atoms with Crippen LogP contribution in [0.25, 0.3) is 0 Å². The summed E-state index contributed by atoms with van der Waals surface area (Å²) in [5.41, 5.74) is 0. The fourth-order valence-corrected chi connectivity index (χ4v) is 2.30. The Hall–Kier alpha value is 0.799. The third-order valence-corrected chi connectivity index (χ3v) is 4.14. The van der Waals surface area contributed by atoms with Gasteiger partial charge in [0.15, 0.2) is 0 Å². The Balaban J connectivity index is 4.62. The van der Waals surface area contributed by atoms with E-state index >= 15 is 0 Å². The fourth-order valence-electron chi connectivity index (χ4n) is 0.672. The van der Waals surface area contributed by atoms with Crippen molar-refractivity contribution in [2.75, 3.05) is 0 Å². The quantitative estimate of drug-likeness (QED) is 0.444. The molecule has 0 rings (SSSR count). The van der Waals surface area contributed by atoms with E-state index in [0.717, 1.165) is 4.47 Å². The number of carbonyl (C=O) groups is 1. The summed E-state index contributed by atoms with van der Waals surface area (Å²) < 4.78 is -0.755. The topological polar surface area (TPSA) is 17.1 Å². The minimum atomic E-state index is -1.81. The van der Waals surface area contributed by atoms with Crippen molar-refractivity contribution >= 4 is 55.5 Å². The third-order valence-electron chi connectivity index (χ3n) is 1.36. The zero-order valence-corrected chi connectivity index (χ0v) is 11.6. The van der Waals surface area contributed by atoms with Crippen LogP contribution >= 0.6 is 34.8 Å². The van der Waals surface area contributed by atoms with Crippen molar-refractivity contribution in [2.24, 2.45) is 5.92 Å². The molecule has 0 aromatic heterocycles. The van der Waals surface area contributed by atoms with Crippen molar-refractivity contribution in [3.63, 3.8) is 0 Å². The van der Waals surface area contributed by atoms with E-state index in [-0.39, 0.29) is 15.0 Å². The Morgan fingerprint density at radius 1 is 1.38 bits per heavy atom. The van der Waals surface area contributed by atoms with Crippen LogP contribution in [0, 0.1) is 5.92 Å². The van der Waals surface area contributed by atoms with Gasteiger partial charge < -0.3 is 0 Å². The first kappa shape index (κ1) is 13.8. The Labute approximate surface area is 100.0 Å². The van der Waals surface area contributed by atoms with Gasteiger partial charge in [-0.3, -0.25) is 0 Å². The summed E-state index contributed by atoms with van der Waals surface area (Å²) in [5, 5.41) is 0. The molecule has 0 bridgehead atoms. The number of carbonyl (C=O) groups excluding carboxylic acids is 1. The average Bonchev–Trinajstić information content (AvgIpc) is 1.96. The summed E-state index contributed by atoms with van der Waals surface area (Å²) in [6.45, 7) is 4.03. The van der Waals surface area contributed by atoms with Gasteiger partial charge in [-0.15, -0.1) is 0 Å². The molecule has 0 N–H and O–H groups in total. The number of rotatable bonds is 3. The molecule has 0 aliphatic carbocycles. The van der Waals surface area contributed by atoms with Gasteiger partial charge in [0.05, 0.1) is 0 Å². The number of halogens is 3. The SMILES string of the molecule is C[Se]/C(=C/C(=O)C(Cl)(Cl)Cl)C(C)C. The normalized spacial score (nSPS) is 13.6. The summed E-state index contributed by atoms with van der Waals surface area (Å²) in [7, 11) is 0. The van der Waals surface area contributed by atoms with Gasteiger partial charge in [-0.2, -0.15) is 0 Å². The van der Waals surface area contributed by atoms with E-state index in [0.29, 0.717) is 5.92 Å². The number of ketones is 1. The molecule has 0 heterocycles. The minimum absolute atomic E-state index is 0.278. The molecule has 0 atom stereocenters. The van der Waals surface area contributed by atoms with E-state index in [1.165, 1.54) is 6.08 Å². The molecule has 0 saturated carbocycles. The van der Waals surface area contributed by atoms with Crippen LogP contribution in [0.2, 0.25) is 5.82 Å². The van der Waals surface area contributed by atoms with Gasteiger partial charge in [-0.1, -0.05) is 0 Å². The Bertz CT molecular complexity index is 218. The van der Waals surface area contributed by atoms with E-state index in [2.05, 4.69) is 0 Å². The van der Waals surface area contributed by atoms with Crippen molar-refractivity contribution in [2.45, 2.75) is 23.5 Å². The van der Waals surface area contributed by atoms with Crippen molar-refractivity contribution < 1.29 is 4.79 Å². The molecule has 1 nitrogen and oxygen atoms in total. The number of hydrogen-bond acceptors (Lipinski definition) is 1. The van der Waals surface area contributed by atoms with E-state index in [9.17, 15) is 4.79 Å². The van der Waals surface area contributed by atoms with Gasteiger partial charge in [-0.25, -0.2) is 0 Å². The van der Waals surface area contributed by atoms with Crippen LogP contribution < -0.4 is 0 Å². The zero-order chi connectivity index (χ0) is 10.6. The van der Waals surface area contributed by atoms with Gasteiger partial charge in [0, 0.05) is 0 Å². The van der Waals surface area contributed by atoms with Gasteiger partial charge >= 0.3 is 100 Å². The second-order valence-electron chi connectivity index (χ2n) is 2.77. The second kappa shape index (κ2) is 5.62. The predicted octanol–water partition coefficient (Wildman–Crippen LogP) is 3.22. The first-order valence-electron chi connectivity index (χ1n) is 3.65. The first-order chi connectivity index (χ1) is 5.79. The third kappa shape index (κ3) is 5.29. The Morgan fingerprint density at radius 3 is 2.08 bits per heavy atom. The predicted molar refractivity (Wildman–Crippen MR) is 59.8 cm³/mol. The zero-order valence-electron chi connectivity index (χ0n) is 7.61. The maximum atomic E-state index is 11.3. The van der Waals surface area contributed by atoms with Crippen molar-refractivity contribution in [3.05, 3.63) is 10.5 Å². The van der Waals surface area contributed by atoms with E-state index in [1.54, 1.807) is 0 Å². The number of allylic oxidation sites excluding steroid dienone is 2. The summed E-state index contributed by atoms with van der Waals surface area (Å²) in [4.78, 5) is 11.3. The van der Waals surface area contributed by atoms with Crippen molar-refractivity contribution in [3.8, 4) is 0 Å². The molecule has 13 heavy (non-hydrogen) atoms. The molecule has 0 unspecified atom stereocenters. The van der Waals surface area contributed by atoms with Crippen LogP contribution in [-0.4, -0.2) is 24.5 Å². The molecule has 0 aromatic carbocycles. The monoisotopic (exact) mass is 308 g/mol. The van der Waals surface area contributed by atoms with Crippen molar-refractivity contribution in [1.29, 1.82) is 0 Å². The molecule has 0 amide bonds. The van der Waals surface area contributed by atoms with Gasteiger partial charge in [0.2, 0.25) is 0 Å². The van der Waals surface area contributed by atoms with Crippen LogP contribution in [0.4, 0.5) is 0 Å². The fraction of sp³-hybridized carbons (Fsp3) is 0.625. The number of alkyl halides is 3. The summed E-state index contributed by atoms with van der Waals surface area (Å²) in [6.07, 6.45) is 1.46. The molecule has 0 fully saturated rings. The molecule has 0 spiro atoms. The standard InChI is InChI=1S/C8H11Cl3OSe/c1-5(2)6(13-3)4-7(12)8(9,10)11/h4-5H,1-3H3/b6-4+. The molecular formula is C8H11Cl3OSe. The molecular weight excluding hydrogens is 297 g/mol. The van der Waals surface area contributed by atoms with E-state index < -0.39 is 9.58 Å². The average molecular weight is 308 g/mol. The number of hydrogen-bond donors (Lipinski definition) is 0. The Morgan fingerprint density at radius 2 is 1.85 bits per heavy atom. The first-order valence-corrected chi connectivity index (χ1v) is 7.36. The van der Waals surface area contributed by atoms with Crippen molar-refractivity contribution in [1.82, 2.24) is 0 Å². The maximum absolute atomic E-state index is 11.3. The second-order valence-corrected chi connectivity index (χ2v) is 6.89. The molecule has 0 radical (unpaired) electrons. The van der Waals surface area contributed by atoms with Crippen LogP contribution in [-0.2, 0) is 4.79 Å². The van der Waals surface area contributed by atoms with E-state index in [4.69, 9.17) is 34.8 Å². The summed E-state index contributed by atoms with van der Waals surface area (Å²) >= 11 is 16.6. The molecule has 76 valence electrons. The van der Waals surface area contributed by atoms with Gasteiger partial charge in [0.1, 0.15) is 0 Å². The van der Waals surface area contributed by atoms with Crippen LogP contribution in [0.1, 0.15) is 13.8 Å². The van der Waals surface area contributed by atoms with Crippen LogP contribution in [0.15, 0.2) is 10.5 Å². The van der Waals surface area contributed by atoms with E-state index in [1.807, 2.05) is 19.7 Å². The van der Waals surface area contributed by atoms with Crippen LogP contribution in [0.5, 0.6) is 0 Å². The molecule has 0 aromatic rings. The molecule has 0 aliphatic heterocycles. The summed E-state index contributed by atoms with van der Waals surface area (Å²) in [5.74, 6) is 1.91. The Kier molecular flexibility index (Phi) is 5.97. The molecule has 0 saturated heterocycles.